The number of aliphatic hydroxyl groups excluding tert-OH is 1. The maximum atomic E-state index is 13.2. The van der Waals surface area contributed by atoms with Gasteiger partial charge in [0, 0.05) is 39.7 Å². The number of benzene rings is 1. The van der Waals surface area contributed by atoms with Gasteiger partial charge in [0.1, 0.15) is 11.5 Å². The number of ether oxygens (including phenoxy) is 2. The zero-order valence-corrected chi connectivity index (χ0v) is 19.0. The summed E-state index contributed by atoms with van der Waals surface area (Å²) in [5, 5.41) is 9.13. The summed E-state index contributed by atoms with van der Waals surface area (Å²) < 4.78 is 40.9. The summed E-state index contributed by atoms with van der Waals surface area (Å²) in [4.78, 5) is 30.3. The average molecular weight is 466 g/mol. The van der Waals surface area contributed by atoms with Crippen molar-refractivity contribution in [2.45, 2.75) is 52.8 Å². The number of rotatable bonds is 10. The maximum Gasteiger partial charge on any atom is 0.394 e. The number of imidazole rings is 1. The SMILES string of the molecule is CC(C)CCn1c(Oc2cccc(OC(C)(F)F)c2)nc2c1c(=O)n(CCCO)c(=O)n2C. The number of aliphatic hydroxyl groups is 1. The van der Waals surface area contributed by atoms with Crippen molar-refractivity contribution in [1.29, 1.82) is 0 Å². The van der Waals surface area contributed by atoms with Gasteiger partial charge in [0.05, 0.1) is 0 Å². The Morgan fingerprint density at radius 2 is 1.85 bits per heavy atom. The van der Waals surface area contributed by atoms with Crippen molar-refractivity contribution in [2.24, 2.45) is 13.0 Å². The normalized spacial score (nSPS) is 12.0. The van der Waals surface area contributed by atoms with Gasteiger partial charge in [-0.1, -0.05) is 19.9 Å². The number of aromatic nitrogens is 4. The van der Waals surface area contributed by atoms with Crippen LogP contribution in [0.5, 0.6) is 17.5 Å². The van der Waals surface area contributed by atoms with E-state index in [0.717, 1.165) is 4.57 Å². The second-order valence-corrected chi connectivity index (χ2v) is 8.26. The highest BCUT2D eigenvalue weighted by atomic mass is 19.3. The molecular weight excluding hydrogens is 438 g/mol. The summed E-state index contributed by atoms with van der Waals surface area (Å²) in [6, 6.07) is 5.76. The van der Waals surface area contributed by atoms with Crippen LogP contribution in [-0.2, 0) is 20.1 Å². The van der Waals surface area contributed by atoms with Crippen LogP contribution in [0.2, 0.25) is 0 Å². The van der Waals surface area contributed by atoms with Crippen molar-refractivity contribution in [3.05, 3.63) is 45.1 Å². The maximum absolute atomic E-state index is 13.2. The third-order valence-corrected chi connectivity index (χ3v) is 4.98. The summed E-state index contributed by atoms with van der Waals surface area (Å²) in [7, 11) is 1.50. The van der Waals surface area contributed by atoms with Crippen LogP contribution < -0.4 is 20.7 Å². The highest BCUT2D eigenvalue weighted by molar-refractivity contribution is 5.72. The number of halogens is 2. The highest BCUT2D eigenvalue weighted by Gasteiger charge is 2.24. The lowest BCUT2D eigenvalue weighted by atomic mass is 10.1. The summed E-state index contributed by atoms with van der Waals surface area (Å²) in [6.45, 7) is 4.98. The molecule has 0 aliphatic carbocycles. The molecule has 0 fully saturated rings. The lowest BCUT2D eigenvalue weighted by molar-refractivity contribution is -0.159. The molecule has 0 atom stereocenters. The lowest BCUT2D eigenvalue weighted by Gasteiger charge is -2.14. The summed E-state index contributed by atoms with van der Waals surface area (Å²) in [5.74, 6) is 0.398. The monoisotopic (exact) mass is 466 g/mol. The highest BCUT2D eigenvalue weighted by Crippen LogP contribution is 2.29. The molecule has 9 nitrogen and oxygen atoms in total. The standard InChI is InChI=1S/C22H28F2N4O5/c1-14(2)9-11-27-17-18(26(4)21(31)28(19(17)30)10-6-12-29)25-20(27)32-15-7-5-8-16(13-15)33-22(3,23)24/h5,7-8,13-14,29H,6,9-12H2,1-4H3. The Morgan fingerprint density at radius 1 is 1.15 bits per heavy atom. The number of nitrogens with zero attached hydrogens (tertiary/aromatic N) is 4. The fourth-order valence-electron chi connectivity index (χ4n) is 3.36. The van der Waals surface area contributed by atoms with E-state index in [1.807, 2.05) is 13.8 Å². The number of hydrogen-bond donors (Lipinski definition) is 1. The van der Waals surface area contributed by atoms with Gasteiger partial charge in [-0.3, -0.25) is 18.5 Å². The number of hydrogen-bond acceptors (Lipinski definition) is 6. The zero-order chi connectivity index (χ0) is 24.3. The van der Waals surface area contributed by atoms with Crippen LogP contribution in [0.25, 0.3) is 11.2 Å². The lowest BCUT2D eigenvalue weighted by Crippen LogP contribution is -2.39. The third kappa shape index (κ3) is 5.59. The minimum atomic E-state index is -3.36. The van der Waals surface area contributed by atoms with Gasteiger partial charge in [-0.05, 0) is 30.9 Å². The van der Waals surface area contributed by atoms with Gasteiger partial charge < -0.3 is 14.6 Å². The Bertz CT molecular complexity index is 1240. The molecule has 0 spiro atoms. The largest absolute Gasteiger partial charge is 0.433 e. The van der Waals surface area contributed by atoms with Crippen molar-refractivity contribution in [2.75, 3.05) is 6.61 Å². The van der Waals surface area contributed by atoms with E-state index in [1.165, 1.54) is 29.8 Å². The van der Waals surface area contributed by atoms with Gasteiger partial charge in [0.15, 0.2) is 11.2 Å². The first kappa shape index (κ1) is 24.4. The van der Waals surface area contributed by atoms with Gasteiger partial charge in [0.25, 0.3) is 5.56 Å². The molecule has 0 aliphatic rings. The molecule has 1 aromatic carbocycles. The molecule has 0 amide bonds. The van der Waals surface area contributed by atoms with E-state index >= 15 is 0 Å². The first-order chi connectivity index (χ1) is 15.5. The van der Waals surface area contributed by atoms with Crippen molar-refractivity contribution in [1.82, 2.24) is 18.7 Å². The number of fused-ring (bicyclic) bond motifs is 1. The molecule has 0 bridgehead atoms. The molecule has 180 valence electrons. The van der Waals surface area contributed by atoms with E-state index in [2.05, 4.69) is 9.72 Å². The number of alkyl halides is 2. The van der Waals surface area contributed by atoms with Gasteiger partial charge in [0.2, 0.25) is 0 Å². The van der Waals surface area contributed by atoms with E-state index in [9.17, 15) is 18.4 Å². The zero-order valence-electron chi connectivity index (χ0n) is 19.0. The van der Waals surface area contributed by atoms with Crippen LogP contribution >= 0.6 is 0 Å². The van der Waals surface area contributed by atoms with E-state index in [1.54, 1.807) is 10.6 Å². The second-order valence-electron chi connectivity index (χ2n) is 8.26. The van der Waals surface area contributed by atoms with Crippen LogP contribution in [0, 0.1) is 5.92 Å². The van der Waals surface area contributed by atoms with E-state index < -0.39 is 17.4 Å². The van der Waals surface area contributed by atoms with Gasteiger partial charge >= 0.3 is 17.8 Å². The Morgan fingerprint density at radius 3 is 2.48 bits per heavy atom. The topological polar surface area (TPSA) is 101 Å². The fourth-order valence-corrected chi connectivity index (χ4v) is 3.36. The van der Waals surface area contributed by atoms with E-state index in [-0.39, 0.29) is 48.2 Å². The predicted octanol–water partition coefficient (Wildman–Crippen LogP) is 3.11. The molecule has 33 heavy (non-hydrogen) atoms. The second kappa shape index (κ2) is 9.74. The minimum Gasteiger partial charge on any atom is -0.433 e. The third-order valence-electron chi connectivity index (χ3n) is 4.98. The van der Waals surface area contributed by atoms with Crippen LogP contribution in [0.1, 0.15) is 33.6 Å². The Balaban J connectivity index is 2.13. The van der Waals surface area contributed by atoms with Gasteiger partial charge in [-0.2, -0.15) is 13.8 Å². The van der Waals surface area contributed by atoms with Crippen molar-refractivity contribution in [3.63, 3.8) is 0 Å². The molecule has 0 unspecified atom stereocenters. The van der Waals surface area contributed by atoms with E-state index in [4.69, 9.17) is 9.84 Å². The van der Waals surface area contributed by atoms with Gasteiger partial charge in [-0.25, -0.2) is 4.79 Å². The minimum absolute atomic E-state index is 0.0538. The summed E-state index contributed by atoms with van der Waals surface area (Å²) in [6.07, 6.45) is -2.41. The molecule has 2 aromatic heterocycles. The van der Waals surface area contributed by atoms with Crippen LogP contribution in [0.4, 0.5) is 8.78 Å². The molecule has 0 aliphatic heterocycles. The first-order valence-corrected chi connectivity index (χ1v) is 10.7. The molecule has 0 saturated carbocycles. The van der Waals surface area contributed by atoms with Crippen molar-refractivity contribution < 1.29 is 23.4 Å². The van der Waals surface area contributed by atoms with Crippen molar-refractivity contribution >= 4 is 11.2 Å². The first-order valence-electron chi connectivity index (χ1n) is 10.7. The Hall–Kier alpha value is -3.21. The average Bonchev–Trinajstić information content (AvgIpc) is 3.08. The summed E-state index contributed by atoms with van der Waals surface area (Å²) in [5.41, 5.74) is -0.744. The van der Waals surface area contributed by atoms with Gasteiger partial charge in [-0.15, -0.1) is 0 Å². The van der Waals surface area contributed by atoms with Crippen LogP contribution in [0.15, 0.2) is 33.9 Å². The van der Waals surface area contributed by atoms with Crippen LogP contribution in [-0.4, -0.2) is 36.5 Å². The Kier molecular flexibility index (Phi) is 7.21. The fraction of sp³-hybridized carbons (Fsp3) is 0.500. The van der Waals surface area contributed by atoms with E-state index in [0.29, 0.717) is 25.8 Å². The Labute approximate surface area is 188 Å². The predicted molar refractivity (Wildman–Crippen MR) is 118 cm³/mol. The molecule has 11 heteroatoms. The van der Waals surface area contributed by atoms with Crippen molar-refractivity contribution in [3.8, 4) is 17.5 Å². The molecule has 0 radical (unpaired) electrons. The molecule has 1 N–H and O–H groups in total. The molecule has 0 saturated heterocycles. The number of aryl methyl sites for hydroxylation is 2. The molecular formula is C22H28F2N4O5. The van der Waals surface area contributed by atoms with Crippen LogP contribution in [0.3, 0.4) is 0 Å². The smallest absolute Gasteiger partial charge is 0.394 e. The molecule has 3 aromatic rings. The summed E-state index contributed by atoms with van der Waals surface area (Å²) >= 11 is 0. The molecule has 3 rings (SSSR count). The molecule has 2 heterocycles. The quantitative estimate of drug-likeness (QED) is 0.493.